The summed E-state index contributed by atoms with van der Waals surface area (Å²) < 4.78 is 0. The minimum absolute atomic E-state index is 0.0189. The molecule has 6 heteroatoms. The fourth-order valence-corrected chi connectivity index (χ4v) is 3.00. The van der Waals surface area contributed by atoms with Gasteiger partial charge in [-0.05, 0) is 18.2 Å². The molecule has 0 fully saturated rings. The van der Waals surface area contributed by atoms with Crippen LogP contribution in [0.3, 0.4) is 0 Å². The zero-order valence-electron chi connectivity index (χ0n) is 12.9. The molecule has 4 rings (SSSR count). The number of pyridine rings is 1. The van der Waals surface area contributed by atoms with Crippen molar-refractivity contribution in [1.82, 2.24) is 4.98 Å². The van der Waals surface area contributed by atoms with Crippen LogP contribution in [0.1, 0.15) is 0 Å². The molecule has 1 N–H and O–H groups in total. The Bertz CT molecular complexity index is 1070. The Hall–Kier alpha value is -3.18. The first-order valence-corrected chi connectivity index (χ1v) is 8.00. The lowest BCUT2D eigenvalue weighted by Crippen LogP contribution is -1.97. The van der Waals surface area contributed by atoms with Crippen molar-refractivity contribution in [3.8, 4) is 0 Å². The third-order valence-corrected chi connectivity index (χ3v) is 4.34. The van der Waals surface area contributed by atoms with Crippen LogP contribution in [0.15, 0.2) is 66.7 Å². The number of nitrogens with zero attached hydrogens (tertiary/aromatic N) is 2. The molecule has 25 heavy (non-hydrogen) atoms. The van der Waals surface area contributed by atoms with Gasteiger partial charge in [-0.2, -0.15) is 0 Å². The van der Waals surface area contributed by atoms with Gasteiger partial charge in [0, 0.05) is 22.9 Å². The minimum Gasteiger partial charge on any atom is -0.353 e. The zero-order chi connectivity index (χ0) is 17.4. The van der Waals surface area contributed by atoms with Crippen molar-refractivity contribution in [3.05, 3.63) is 81.9 Å². The average molecular weight is 350 g/mol. The lowest BCUT2D eigenvalue weighted by Gasteiger charge is -2.14. The maximum absolute atomic E-state index is 11.1. The van der Waals surface area contributed by atoms with Crippen molar-refractivity contribution in [2.24, 2.45) is 0 Å². The maximum atomic E-state index is 11.1. The summed E-state index contributed by atoms with van der Waals surface area (Å²) >= 11 is 6.25. The van der Waals surface area contributed by atoms with Gasteiger partial charge in [-0.25, -0.2) is 4.98 Å². The number of halogens is 1. The Morgan fingerprint density at radius 2 is 1.52 bits per heavy atom. The topological polar surface area (TPSA) is 68.1 Å². The summed E-state index contributed by atoms with van der Waals surface area (Å²) in [4.78, 5) is 15.3. The summed E-state index contributed by atoms with van der Waals surface area (Å²) in [6, 6.07) is 19.8. The first-order valence-electron chi connectivity index (χ1n) is 7.62. The van der Waals surface area contributed by atoms with Gasteiger partial charge in [0.25, 0.3) is 5.69 Å². The number of hydrogen-bond donors (Lipinski definition) is 1. The molecule has 122 valence electrons. The molecule has 0 atom stereocenters. The van der Waals surface area contributed by atoms with Crippen LogP contribution in [-0.4, -0.2) is 9.91 Å². The number of anilines is 2. The monoisotopic (exact) mass is 349 g/mol. The van der Waals surface area contributed by atoms with Crippen molar-refractivity contribution < 1.29 is 4.92 Å². The molecule has 0 aliphatic carbocycles. The lowest BCUT2D eigenvalue weighted by molar-refractivity contribution is -0.384. The van der Waals surface area contributed by atoms with Gasteiger partial charge in [-0.15, -0.1) is 0 Å². The molecular weight excluding hydrogens is 338 g/mol. The first-order chi connectivity index (χ1) is 12.1. The van der Waals surface area contributed by atoms with Gasteiger partial charge in [-0.3, -0.25) is 10.1 Å². The van der Waals surface area contributed by atoms with Crippen LogP contribution in [0.25, 0.3) is 21.8 Å². The largest absolute Gasteiger partial charge is 0.353 e. The van der Waals surface area contributed by atoms with Crippen molar-refractivity contribution >= 4 is 50.5 Å². The molecule has 0 bridgehead atoms. The lowest BCUT2D eigenvalue weighted by atomic mass is 10.1. The van der Waals surface area contributed by atoms with Crippen LogP contribution in [-0.2, 0) is 0 Å². The second kappa shape index (κ2) is 6.03. The molecule has 0 unspecified atom stereocenters. The van der Waals surface area contributed by atoms with Crippen LogP contribution >= 0.6 is 11.6 Å². The van der Waals surface area contributed by atoms with Crippen LogP contribution in [0.5, 0.6) is 0 Å². The van der Waals surface area contributed by atoms with Crippen molar-refractivity contribution in [2.45, 2.75) is 0 Å². The van der Waals surface area contributed by atoms with E-state index in [1.54, 1.807) is 0 Å². The SMILES string of the molecule is O=[N+]([O-])c1ccc(Cl)c(Nc2c3ccccc3nc3ccccc23)c1. The van der Waals surface area contributed by atoms with Crippen LogP contribution in [0, 0.1) is 10.1 Å². The Morgan fingerprint density at radius 3 is 2.12 bits per heavy atom. The van der Waals surface area contributed by atoms with Crippen molar-refractivity contribution in [3.63, 3.8) is 0 Å². The number of nitro benzene ring substituents is 1. The summed E-state index contributed by atoms with van der Waals surface area (Å²) in [5.74, 6) is 0. The van der Waals surface area contributed by atoms with Gasteiger partial charge in [0.2, 0.25) is 0 Å². The Labute approximate surface area is 148 Å². The number of hydrogen-bond acceptors (Lipinski definition) is 4. The summed E-state index contributed by atoms with van der Waals surface area (Å²) in [5, 5.41) is 16.6. The van der Waals surface area contributed by atoms with Crippen LogP contribution in [0.2, 0.25) is 5.02 Å². The van der Waals surface area contributed by atoms with E-state index >= 15 is 0 Å². The summed E-state index contributed by atoms with van der Waals surface area (Å²) in [6.45, 7) is 0. The summed E-state index contributed by atoms with van der Waals surface area (Å²) in [5.41, 5.74) is 2.96. The highest BCUT2D eigenvalue weighted by atomic mass is 35.5. The molecule has 5 nitrogen and oxygen atoms in total. The van der Waals surface area contributed by atoms with Gasteiger partial charge in [0.1, 0.15) is 0 Å². The molecule has 0 amide bonds. The number of rotatable bonds is 3. The second-order valence-corrected chi connectivity index (χ2v) is 5.97. The minimum atomic E-state index is -0.440. The molecule has 0 aliphatic rings. The summed E-state index contributed by atoms with van der Waals surface area (Å²) in [6.07, 6.45) is 0. The highest BCUT2D eigenvalue weighted by molar-refractivity contribution is 6.33. The fourth-order valence-electron chi connectivity index (χ4n) is 2.83. The first kappa shape index (κ1) is 15.4. The third kappa shape index (κ3) is 2.75. The molecule has 0 radical (unpaired) electrons. The normalized spacial score (nSPS) is 10.9. The van der Waals surface area contributed by atoms with Crippen LogP contribution in [0.4, 0.5) is 17.1 Å². The number of aromatic nitrogens is 1. The van der Waals surface area contributed by atoms with E-state index < -0.39 is 4.92 Å². The van der Waals surface area contributed by atoms with E-state index in [0.717, 1.165) is 27.5 Å². The predicted octanol–water partition coefficient (Wildman–Crippen LogP) is 5.69. The number of benzene rings is 3. The molecule has 0 aliphatic heterocycles. The van der Waals surface area contributed by atoms with E-state index in [9.17, 15) is 10.1 Å². The Morgan fingerprint density at radius 1 is 0.920 bits per heavy atom. The van der Waals surface area contributed by atoms with E-state index in [0.29, 0.717) is 10.7 Å². The third-order valence-electron chi connectivity index (χ3n) is 4.01. The van der Waals surface area contributed by atoms with E-state index in [1.165, 1.54) is 18.2 Å². The highest BCUT2D eigenvalue weighted by Crippen LogP contribution is 2.36. The molecular formula is C19H12ClN3O2. The molecule has 1 heterocycles. The fraction of sp³-hybridized carbons (Fsp3) is 0. The number of para-hydroxylation sites is 2. The maximum Gasteiger partial charge on any atom is 0.271 e. The van der Waals surface area contributed by atoms with E-state index in [-0.39, 0.29) is 5.69 Å². The highest BCUT2D eigenvalue weighted by Gasteiger charge is 2.13. The Kier molecular flexibility index (Phi) is 3.71. The Balaban J connectivity index is 1.97. The molecule has 3 aromatic carbocycles. The van der Waals surface area contributed by atoms with Gasteiger partial charge in [0.05, 0.1) is 32.4 Å². The van der Waals surface area contributed by atoms with E-state index in [2.05, 4.69) is 10.3 Å². The second-order valence-electron chi connectivity index (χ2n) is 5.57. The van der Waals surface area contributed by atoms with Crippen LogP contribution < -0.4 is 5.32 Å². The van der Waals surface area contributed by atoms with E-state index in [4.69, 9.17) is 11.6 Å². The zero-order valence-corrected chi connectivity index (χ0v) is 13.7. The molecule has 0 saturated carbocycles. The summed E-state index contributed by atoms with van der Waals surface area (Å²) in [7, 11) is 0. The number of nitro groups is 1. The van der Waals surface area contributed by atoms with Gasteiger partial charge in [-0.1, -0.05) is 48.0 Å². The van der Waals surface area contributed by atoms with Crippen molar-refractivity contribution in [1.29, 1.82) is 0 Å². The molecule has 1 aromatic heterocycles. The number of nitrogens with one attached hydrogen (secondary N) is 1. The predicted molar refractivity (Wildman–Crippen MR) is 101 cm³/mol. The van der Waals surface area contributed by atoms with E-state index in [1.807, 2.05) is 48.5 Å². The van der Waals surface area contributed by atoms with Gasteiger partial charge < -0.3 is 5.32 Å². The molecule has 4 aromatic rings. The quantitative estimate of drug-likeness (QED) is 0.293. The molecule has 0 saturated heterocycles. The number of fused-ring (bicyclic) bond motifs is 2. The van der Waals surface area contributed by atoms with Gasteiger partial charge >= 0.3 is 0 Å². The standard InChI is InChI=1S/C19H12ClN3O2/c20-15-10-9-12(23(24)25)11-18(15)22-19-13-5-1-3-7-16(13)21-17-8-4-2-6-14(17)19/h1-11H,(H,21,22). The number of non-ortho nitro benzene ring substituents is 1. The van der Waals surface area contributed by atoms with Crippen molar-refractivity contribution in [2.75, 3.05) is 5.32 Å². The van der Waals surface area contributed by atoms with Gasteiger partial charge in [0.15, 0.2) is 0 Å². The smallest absolute Gasteiger partial charge is 0.271 e. The average Bonchev–Trinajstić information content (AvgIpc) is 2.63. The molecule has 0 spiro atoms.